The van der Waals surface area contributed by atoms with Crippen LogP contribution < -0.4 is 11.1 Å². The summed E-state index contributed by atoms with van der Waals surface area (Å²) < 4.78 is 0. The maximum absolute atomic E-state index is 5.73. The van der Waals surface area contributed by atoms with Gasteiger partial charge in [0.2, 0.25) is 0 Å². The fourth-order valence-corrected chi connectivity index (χ4v) is 1.78. The van der Waals surface area contributed by atoms with Crippen molar-refractivity contribution in [2.24, 2.45) is 10.7 Å². The molecule has 13 heavy (non-hydrogen) atoms. The van der Waals surface area contributed by atoms with Crippen LogP contribution in [0.1, 0.15) is 19.8 Å². The quantitative estimate of drug-likeness (QED) is 0.561. The summed E-state index contributed by atoms with van der Waals surface area (Å²) in [7, 11) is 0. The molecule has 0 aromatic rings. The van der Waals surface area contributed by atoms with Gasteiger partial charge in [0.15, 0.2) is 5.96 Å². The van der Waals surface area contributed by atoms with Gasteiger partial charge in [-0.3, -0.25) is 0 Å². The molecule has 4 heteroatoms. The van der Waals surface area contributed by atoms with E-state index in [1.54, 1.807) is 0 Å². The molecule has 0 amide bonds. The third-order valence-electron chi connectivity index (χ3n) is 2.41. The molecule has 1 fully saturated rings. The number of aliphatic imine (C=N–C) groups is 1. The third kappa shape index (κ3) is 1.76. The molecule has 1 saturated heterocycles. The molecule has 0 bridgehead atoms. The lowest BCUT2D eigenvalue weighted by Gasteiger charge is -2.25. The maximum atomic E-state index is 5.73. The molecule has 0 aliphatic carbocycles. The SMILES string of the molecule is CC1C=C(N)NC(N2CCCC2)=N1. The van der Waals surface area contributed by atoms with E-state index in [2.05, 4.69) is 15.2 Å². The number of guanidine groups is 1. The molecule has 4 nitrogen and oxygen atoms in total. The Morgan fingerprint density at radius 1 is 1.54 bits per heavy atom. The molecule has 0 radical (unpaired) electrons. The minimum atomic E-state index is 0.205. The zero-order valence-electron chi connectivity index (χ0n) is 7.95. The summed E-state index contributed by atoms with van der Waals surface area (Å²) in [6.45, 7) is 4.25. The average molecular weight is 180 g/mol. The number of nitrogens with two attached hydrogens (primary N) is 1. The van der Waals surface area contributed by atoms with Gasteiger partial charge in [-0.1, -0.05) is 0 Å². The Morgan fingerprint density at radius 2 is 2.23 bits per heavy atom. The van der Waals surface area contributed by atoms with Gasteiger partial charge in [0, 0.05) is 13.1 Å². The van der Waals surface area contributed by atoms with Crippen LogP contribution in [0.2, 0.25) is 0 Å². The number of hydrogen-bond acceptors (Lipinski definition) is 4. The summed E-state index contributed by atoms with van der Waals surface area (Å²) in [5.41, 5.74) is 5.73. The van der Waals surface area contributed by atoms with E-state index in [-0.39, 0.29) is 6.04 Å². The van der Waals surface area contributed by atoms with E-state index in [0.717, 1.165) is 24.9 Å². The van der Waals surface area contributed by atoms with Gasteiger partial charge in [0.1, 0.15) is 5.82 Å². The molecular formula is C9H16N4. The maximum Gasteiger partial charge on any atom is 0.200 e. The van der Waals surface area contributed by atoms with Gasteiger partial charge in [0.05, 0.1) is 6.04 Å². The Kier molecular flexibility index (Phi) is 2.12. The molecule has 2 aliphatic heterocycles. The highest BCUT2D eigenvalue weighted by Crippen LogP contribution is 2.10. The molecule has 72 valence electrons. The fraction of sp³-hybridized carbons (Fsp3) is 0.667. The van der Waals surface area contributed by atoms with E-state index < -0.39 is 0 Å². The van der Waals surface area contributed by atoms with Crippen molar-refractivity contribution in [3.63, 3.8) is 0 Å². The van der Waals surface area contributed by atoms with Gasteiger partial charge >= 0.3 is 0 Å². The second-order valence-electron chi connectivity index (χ2n) is 3.63. The predicted molar refractivity (Wildman–Crippen MR) is 53.1 cm³/mol. The highest BCUT2D eigenvalue weighted by molar-refractivity contribution is 5.82. The molecule has 0 aromatic carbocycles. The highest BCUT2D eigenvalue weighted by Gasteiger charge is 2.19. The average Bonchev–Trinajstić information content (AvgIpc) is 2.53. The van der Waals surface area contributed by atoms with Gasteiger partial charge in [0.25, 0.3) is 0 Å². The van der Waals surface area contributed by atoms with Crippen LogP contribution >= 0.6 is 0 Å². The van der Waals surface area contributed by atoms with E-state index in [1.165, 1.54) is 12.8 Å². The van der Waals surface area contributed by atoms with Crippen LogP contribution in [0.25, 0.3) is 0 Å². The number of likely N-dealkylation sites (tertiary alicyclic amines) is 1. The van der Waals surface area contributed by atoms with Crippen molar-refractivity contribution in [2.75, 3.05) is 13.1 Å². The Labute approximate surface area is 78.5 Å². The summed E-state index contributed by atoms with van der Waals surface area (Å²) in [5, 5.41) is 3.10. The minimum absolute atomic E-state index is 0.205. The Morgan fingerprint density at radius 3 is 2.85 bits per heavy atom. The number of rotatable bonds is 0. The Balaban J connectivity index is 2.07. The molecule has 1 unspecified atom stereocenters. The zero-order chi connectivity index (χ0) is 9.26. The van der Waals surface area contributed by atoms with Gasteiger partial charge in [-0.25, -0.2) is 4.99 Å². The van der Waals surface area contributed by atoms with Crippen LogP contribution in [0.15, 0.2) is 16.9 Å². The van der Waals surface area contributed by atoms with Gasteiger partial charge in [-0.05, 0) is 25.8 Å². The van der Waals surface area contributed by atoms with Crippen molar-refractivity contribution in [1.82, 2.24) is 10.2 Å². The van der Waals surface area contributed by atoms with E-state index in [1.807, 2.05) is 13.0 Å². The topological polar surface area (TPSA) is 53.6 Å². The lowest BCUT2D eigenvalue weighted by Crippen LogP contribution is -2.43. The van der Waals surface area contributed by atoms with E-state index in [0.29, 0.717) is 0 Å². The van der Waals surface area contributed by atoms with Gasteiger partial charge in [-0.2, -0.15) is 0 Å². The first kappa shape index (κ1) is 8.41. The zero-order valence-corrected chi connectivity index (χ0v) is 7.95. The van der Waals surface area contributed by atoms with Gasteiger partial charge < -0.3 is 16.0 Å². The van der Waals surface area contributed by atoms with Crippen molar-refractivity contribution in [2.45, 2.75) is 25.8 Å². The van der Waals surface area contributed by atoms with E-state index in [9.17, 15) is 0 Å². The Hall–Kier alpha value is -1.19. The molecule has 1 atom stereocenters. The summed E-state index contributed by atoms with van der Waals surface area (Å²) in [5.74, 6) is 1.68. The van der Waals surface area contributed by atoms with Crippen LogP contribution in [-0.2, 0) is 0 Å². The molecule has 2 rings (SSSR count). The first-order valence-electron chi connectivity index (χ1n) is 4.83. The van der Waals surface area contributed by atoms with Crippen LogP contribution in [-0.4, -0.2) is 30.0 Å². The molecule has 3 N–H and O–H groups in total. The van der Waals surface area contributed by atoms with E-state index in [4.69, 9.17) is 5.73 Å². The normalized spacial score (nSPS) is 28.1. The molecule has 2 heterocycles. The van der Waals surface area contributed by atoms with Crippen molar-refractivity contribution >= 4 is 5.96 Å². The van der Waals surface area contributed by atoms with E-state index >= 15 is 0 Å². The predicted octanol–water partition coefficient (Wildman–Crippen LogP) is 0.230. The van der Waals surface area contributed by atoms with Crippen LogP contribution in [0, 0.1) is 0 Å². The van der Waals surface area contributed by atoms with Crippen molar-refractivity contribution in [3.05, 3.63) is 11.9 Å². The first-order valence-corrected chi connectivity index (χ1v) is 4.83. The lowest BCUT2D eigenvalue weighted by molar-refractivity contribution is 0.493. The number of hydrogen-bond donors (Lipinski definition) is 2. The smallest absolute Gasteiger partial charge is 0.200 e. The summed E-state index contributed by atoms with van der Waals surface area (Å²) in [6.07, 6.45) is 4.46. The minimum Gasteiger partial charge on any atom is -0.385 e. The van der Waals surface area contributed by atoms with Crippen LogP contribution in [0.5, 0.6) is 0 Å². The van der Waals surface area contributed by atoms with Crippen molar-refractivity contribution in [1.29, 1.82) is 0 Å². The summed E-state index contributed by atoms with van der Waals surface area (Å²) in [4.78, 5) is 6.75. The highest BCUT2D eigenvalue weighted by atomic mass is 15.3. The fourth-order valence-electron chi connectivity index (χ4n) is 1.78. The largest absolute Gasteiger partial charge is 0.385 e. The number of nitrogens with zero attached hydrogens (tertiary/aromatic N) is 2. The number of nitrogens with one attached hydrogen (secondary N) is 1. The molecule has 0 spiro atoms. The molecular weight excluding hydrogens is 164 g/mol. The molecule has 0 saturated carbocycles. The second-order valence-corrected chi connectivity index (χ2v) is 3.63. The van der Waals surface area contributed by atoms with Crippen LogP contribution in [0.3, 0.4) is 0 Å². The lowest BCUT2D eigenvalue weighted by atomic mass is 10.3. The van der Waals surface area contributed by atoms with Crippen LogP contribution in [0.4, 0.5) is 0 Å². The standard InChI is InChI=1S/C9H16N4/c1-7-6-8(10)12-9(11-7)13-4-2-3-5-13/h6-7H,2-5,10H2,1H3,(H,11,12). The van der Waals surface area contributed by atoms with Crippen molar-refractivity contribution in [3.8, 4) is 0 Å². The Bertz CT molecular complexity index is 250. The first-order chi connectivity index (χ1) is 6.25. The van der Waals surface area contributed by atoms with Crippen molar-refractivity contribution < 1.29 is 0 Å². The third-order valence-corrected chi connectivity index (χ3v) is 2.41. The monoisotopic (exact) mass is 180 g/mol. The summed E-state index contributed by atoms with van der Waals surface area (Å²) >= 11 is 0. The molecule has 0 aromatic heterocycles. The molecule has 2 aliphatic rings. The second kappa shape index (κ2) is 3.28. The van der Waals surface area contributed by atoms with Gasteiger partial charge in [-0.15, -0.1) is 0 Å². The summed E-state index contributed by atoms with van der Waals surface area (Å²) in [6, 6.07) is 0.205.